The molecule has 122 valence electrons. The molecule has 2 aliphatic rings. The van der Waals surface area contributed by atoms with Crippen molar-refractivity contribution in [1.82, 2.24) is 15.5 Å². The fourth-order valence-corrected chi connectivity index (χ4v) is 3.23. The second-order valence-corrected chi connectivity index (χ2v) is 6.10. The summed E-state index contributed by atoms with van der Waals surface area (Å²) in [6.45, 7) is 0.623. The number of carbonyl (C=O) groups is 3. The number of benzene rings is 1. The Morgan fingerprint density at radius 3 is 2.83 bits per heavy atom. The van der Waals surface area contributed by atoms with Crippen molar-refractivity contribution in [2.45, 2.75) is 18.4 Å². The van der Waals surface area contributed by atoms with Crippen LogP contribution < -0.4 is 15.4 Å². The van der Waals surface area contributed by atoms with Crippen LogP contribution in [0.3, 0.4) is 0 Å². The minimum atomic E-state index is -1.04. The summed E-state index contributed by atoms with van der Waals surface area (Å²) < 4.78 is 5.21. The Hall–Kier alpha value is -2.28. The van der Waals surface area contributed by atoms with E-state index in [2.05, 4.69) is 10.6 Å². The molecule has 2 N–H and O–H groups in total. The number of nitrogens with one attached hydrogen (secondary N) is 2. The van der Waals surface area contributed by atoms with E-state index >= 15 is 0 Å². The summed E-state index contributed by atoms with van der Waals surface area (Å²) >= 11 is 5.97. The molecule has 1 spiro atoms. The van der Waals surface area contributed by atoms with E-state index in [0.29, 0.717) is 35.7 Å². The number of nitrogens with zero attached hydrogens (tertiary/aromatic N) is 1. The van der Waals surface area contributed by atoms with Gasteiger partial charge in [-0.25, -0.2) is 4.79 Å². The highest BCUT2D eigenvalue weighted by Crippen LogP contribution is 2.29. The van der Waals surface area contributed by atoms with Crippen molar-refractivity contribution in [2.24, 2.45) is 0 Å². The van der Waals surface area contributed by atoms with Crippen LogP contribution in [0.5, 0.6) is 5.75 Å². The van der Waals surface area contributed by atoms with Gasteiger partial charge in [0.25, 0.3) is 11.8 Å². The molecule has 2 fully saturated rings. The summed E-state index contributed by atoms with van der Waals surface area (Å²) in [5, 5.41) is 5.30. The van der Waals surface area contributed by atoms with Crippen molar-refractivity contribution in [1.29, 1.82) is 0 Å². The van der Waals surface area contributed by atoms with E-state index < -0.39 is 17.5 Å². The Kier molecular flexibility index (Phi) is 3.89. The van der Waals surface area contributed by atoms with Crippen LogP contribution in [-0.4, -0.2) is 48.5 Å². The lowest BCUT2D eigenvalue weighted by Crippen LogP contribution is -2.59. The van der Waals surface area contributed by atoms with Gasteiger partial charge in [-0.15, -0.1) is 0 Å². The van der Waals surface area contributed by atoms with Crippen LogP contribution in [0.4, 0.5) is 4.79 Å². The standard InChI is InChI=1S/C15H16ClN3O4/c1-23-11-4-3-9(16)7-10(11)12(20)19-6-2-5-15(8-19)13(21)17-14(22)18-15/h3-4,7H,2,5-6,8H2,1H3,(H2,17,18,21,22). The summed E-state index contributed by atoms with van der Waals surface area (Å²) in [5.74, 6) is -0.255. The van der Waals surface area contributed by atoms with Gasteiger partial charge in [0.2, 0.25) is 0 Å². The van der Waals surface area contributed by atoms with Gasteiger partial charge in [-0.1, -0.05) is 11.6 Å². The van der Waals surface area contributed by atoms with Gasteiger partial charge in [-0.3, -0.25) is 14.9 Å². The fourth-order valence-electron chi connectivity index (χ4n) is 3.06. The lowest BCUT2D eigenvalue weighted by Gasteiger charge is -2.38. The number of halogens is 1. The van der Waals surface area contributed by atoms with Crippen molar-refractivity contribution in [3.05, 3.63) is 28.8 Å². The van der Waals surface area contributed by atoms with E-state index in [-0.39, 0.29) is 12.5 Å². The highest BCUT2D eigenvalue weighted by atomic mass is 35.5. The number of hydrogen-bond acceptors (Lipinski definition) is 4. The van der Waals surface area contributed by atoms with Gasteiger partial charge in [0.15, 0.2) is 0 Å². The molecule has 23 heavy (non-hydrogen) atoms. The molecule has 7 nitrogen and oxygen atoms in total. The van der Waals surface area contributed by atoms with Crippen LogP contribution >= 0.6 is 11.6 Å². The highest BCUT2D eigenvalue weighted by molar-refractivity contribution is 6.31. The molecular formula is C15H16ClN3O4. The van der Waals surface area contributed by atoms with E-state index in [9.17, 15) is 14.4 Å². The van der Waals surface area contributed by atoms with Gasteiger partial charge in [0, 0.05) is 11.6 Å². The smallest absolute Gasteiger partial charge is 0.322 e. The Morgan fingerprint density at radius 1 is 1.39 bits per heavy atom. The first-order chi connectivity index (χ1) is 10.9. The van der Waals surface area contributed by atoms with E-state index in [1.165, 1.54) is 13.2 Å². The number of likely N-dealkylation sites (tertiary alicyclic amines) is 1. The molecule has 0 aliphatic carbocycles. The maximum Gasteiger partial charge on any atom is 0.322 e. The normalized spacial score (nSPS) is 23.7. The molecule has 1 atom stereocenters. The average Bonchev–Trinajstić information content (AvgIpc) is 2.79. The van der Waals surface area contributed by atoms with Gasteiger partial charge in [0.05, 0.1) is 19.2 Å². The number of urea groups is 1. The number of imide groups is 1. The lowest BCUT2D eigenvalue weighted by atomic mass is 9.89. The quantitative estimate of drug-likeness (QED) is 0.793. The minimum absolute atomic E-state index is 0.124. The van der Waals surface area contributed by atoms with Crippen molar-refractivity contribution in [3.8, 4) is 5.75 Å². The SMILES string of the molecule is COc1ccc(Cl)cc1C(=O)N1CCCC2(C1)NC(=O)NC2=O. The van der Waals surface area contributed by atoms with Crippen LogP contribution in [-0.2, 0) is 4.79 Å². The molecule has 2 aliphatic heterocycles. The van der Waals surface area contributed by atoms with Crippen LogP contribution in [0.2, 0.25) is 5.02 Å². The first kappa shape index (κ1) is 15.6. The van der Waals surface area contributed by atoms with Crippen molar-refractivity contribution in [2.75, 3.05) is 20.2 Å². The first-order valence-corrected chi connectivity index (χ1v) is 7.59. The lowest BCUT2D eigenvalue weighted by molar-refractivity contribution is -0.125. The number of carbonyl (C=O) groups excluding carboxylic acids is 3. The monoisotopic (exact) mass is 337 g/mol. The minimum Gasteiger partial charge on any atom is -0.496 e. The summed E-state index contributed by atoms with van der Waals surface area (Å²) in [7, 11) is 1.47. The molecule has 1 unspecified atom stereocenters. The summed E-state index contributed by atoms with van der Waals surface area (Å²) in [5.41, 5.74) is -0.710. The molecule has 0 saturated carbocycles. The second-order valence-electron chi connectivity index (χ2n) is 5.67. The Bertz CT molecular complexity index is 693. The maximum atomic E-state index is 12.8. The second kappa shape index (κ2) is 5.73. The van der Waals surface area contributed by atoms with Crippen LogP contribution in [0.1, 0.15) is 23.2 Å². The molecule has 8 heteroatoms. The highest BCUT2D eigenvalue weighted by Gasteiger charge is 2.49. The molecule has 1 aromatic carbocycles. The third-order valence-corrected chi connectivity index (χ3v) is 4.42. The molecule has 2 saturated heterocycles. The third kappa shape index (κ3) is 2.72. The number of ether oxygens (including phenoxy) is 1. The molecule has 0 radical (unpaired) electrons. The number of rotatable bonds is 2. The zero-order chi connectivity index (χ0) is 16.6. The van der Waals surface area contributed by atoms with Gasteiger partial charge in [-0.2, -0.15) is 0 Å². The third-order valence-electron chi connectivity index (χ3n) is 4.19. The van der Waals surface area contributed by atoms with Crippen LogP contribution in [0, 0.1) is 0 Å². The maximum absolute atomic E-state index is 12.8. The molecule has 0 aromatic heterocycles. The molecule has 0 bridgehead atoms. The van der Waals surface area contributed by atoms with E-state index in [0.717, 1.165) is 0 Å². The Balaban J connectivity index is 1.87. The van der Waals surface area contributed by atoms with E-state index in [1.807, 2.05) is 0 Å². The van der Waals surface area contributed by atoms with Gasteiger partial charge in [-0.05, 0) is 31.0 Å². The Morgan fingerprint density at radius 2 is 2.17 bits per heavy atom. The first-order valence-electron chi connectivity index (χ1n) is 7.21. The summed E-state index contributed by atoms with van der Waals surface area (Å²) in [6, 6.07) is 4.28. The van der Waals surface area contributed by atoms with Crippen molar-refractivity contribution >= 4 is 29.4 Å². The predicted octanol–water partition coefficient (Wildman–Crippen LogP) is 1.16. The number of piperidine rings is 1. The van der Waals surface area contributed by atoms with Gasteiger partial charge >= 0.3 is 6.03 Å². The Labute approximate surface area is 137 Å². The number of hydrogen-bond donors (Lipinski definition) is 2. The largest absolute Gasteiger partial charge is 0.496 e. The number of methoxy groups -OCH3 is 1. The zero-order valence-electron chi connectivity index (χ0n) is 12.5. The van der Waals surface area contributed by atoms with Crippen LogP contribution in [0.25, 0.3) is 0 Å². The number of amides is 4. The topological polar surface area (TPSA) is 87.7 Å². The van der Waals surface area contributed by atoms with Crippen molar-refractivity contribution < 1.29 is 19.1 Å². The fraction of sp³-hybridized carbons (Fsp3) is 0.400. The molecule has 1 aromatic rings. The zero-order valence-corrected chi connectivity index (χ0v) is 13.3. The van der Waals surface area contributed by atoms with Gasteiger partial charge in [0.1, 0.15) is 11.3 Å². The average molecular weight is 338 g/mol. The van der Waals surface area contributed by atoms with E-state index in [4.69, 9.17) is 16.3 Å². The summed E-state index contributed by atoms with van der Waals surface area (Å²) in [6.07, 6.45) is 1.11. The molecule has 3 rings (SSSR count). The molecule has 4 amide bonds. The molecular weight excluding hydrogens is 322 g/mol. The summed E-state index contributed by atoms with van der Waals surface area (Å²) in [4.78, 5) is 37.8. The van der Waals surface area contributed by atoms with E-state index in [1.54, 1.807) is 17.0 Å². The van der Waals surface area contributed by atoms with Crippen LogP contribution in [0.15, 0.2) is 18.2 Å². The van der Waals surface area contributed by atoms with Gasteiger partial charge < -0.3 is 15.0 Å². The predicted molar refractivity (Wildman–Crippen MR) is 82.5 cm³/mol. The molecule has 2 heterocycles. The van der Waals surface area contributed by atoms with Crippen molar-refractivity contribution in [3.63, 3.8) is 0 Å².